The average molecular weight is 323 g/mol. The minimum Gasteiger partial charge on any atom is -0.478 e. The van der Waals surface area contributed by atoms with Gasteiger partial charge in [0.05, 0.1) is 18.1 Å². The van der Waals surface area contributed by atoms with Crippen molar-refractivity contribution in [2.45, 2.75) is 12.8 Å². The van der Waals surface area contributed by atoms with Crippen molar-refractivity contribution in [2.75, 3.05) is 38.7 Å². The molecule has 1 fully saturated rings. The van der Waals surface area contributed by atoms with E-state index in [1.807, 2.05) is 24.3 Å². The SMILES string of the molecule is COc1nc2ccccc2nc1N(C)CC1CCCNC1.Cl. The van der Waals surface area contributed by atoms with E-state index in [4.69, 9.17) is 9.72 Å². The Morgan fingerprint density at radius 3 is 2.64 bits per heavy atom. The molecule has 0 radical (unpaired) electrons. The lowest BCUT2D eigenvalue weighted by Gasteiger charge is -2.28. The number of halogens is 1. The molecule has 0 saturated carbocycles. The van der Waals surface area contributed by atoms with Crippen LogP contribution in [-0.2, 0) is 0 Å². The summed E-state index contributed by atoms with van der Waals surface area (Å²) < 4.78 is 5.43. The highest BCUT2D eigenvalue weighted by atomic mass is 35.5. The highest BCUT2D eigenvalue weighted by Crippen LogP contribution is 2.27. The molecule has 1 aliphatic rings. The van der Waals surface area contributed by atoms with E-state index in [2.05, 4.69) is 22.2 Å². The first-order valence-corrected chi connectivity index (χ1v) is 7.50. The third-order valence-corrected chi connectivity index (χ3v) is 4.01. The van der Waals surface area contributed by atoms with Gasteiger partial charge in [-0.15, -0.1) is 12.4 Å². The standard InChI is InChI=1S/C16H22N4O.ClH/c1-20(11-12-6-5-9-17-10-12)15-16(21-2)19-14-8-4-3-7-13(14)18-15;/h3-4,7-8,12,17H,5-6,9-11H2,1-2H3;1H. The van der Waals surface area contributed by atoms with Gasteiger partial charge in [-0.25, -0.2) is 9.97 Å². The number of piperidine rings is 1. The minimum absolute atomic E-state index is 0. The zero-order chi connectivity index (χ0) is 14.7. The van der Waals surface area contributed by atoms with Crippen LogP contribution in [0.15, 0.2) is 24.3 Å². The van der Waals surface area contributed by atoms with Gasteiger partial charge in [-0.1, -0.05) is 12.1 Å². The molecular weight excluding hydrogens is 300 g/mol. The number of rotatable bonds is 4. The fourth-order valence-electron chi connectivity index (χ4n) is 2.91. The van der Waals surface area contributed by atoms with E-state index < -0.39 is 0 Å². The summed E-state index contributed by atoms with van der Waals surface area (Å²) in [7, 11) is 3.72. The maximum absolute atomic E-state index is 5.43. The smallest absolute Gasteiger partial charge is 0.257 e. The van der Waals surface area contributed by atoms with Gasteiger partial charge in [-0.2, -0.15) is 0 Å². The molecule has 2 heterocycles. The van der Waals surface area contributed by atoms with Crippen molar-refractivity contribution < 1.29 is 4.74 Å². The Bertz CT molecular complexity index is 616. The van der Waals surface area contributed by atoms with E-state index in [-0.39, 0.29) is 12.4 Å². The van der Waals surface area contributed by atoms with E-state index in [1.54, 1.807) is 7.11 Å². The molecule has 5 nitrogen and oxygen atoms in total. The highest BCUT2D eigenvalue weighted by Gasteiger charge is 2.19. The first kappa shape index (κ1) is 16.8. The van der Waals surface area contributed by atoms with Crippen LogP contribution in [0.5, 0.6) is 5.88 Å². The van der Waals surface area contributed by atoms with Crippen LogP contribution < -0.4 is 15.0 Å². The zero-order valence-corrected chi connectivity index (χ0v) is 13.9. The molecule has 22 heavy (non-hydrogen) atoms. The number of hydrogen-bond donors (Lipinski definition) is 1. The van der Waals surface area contributed by atoms with Crippen LogP contribution in [0.25, 0.3) is 11.0 Å². The molecule has 1 atom stereocenters. The number of para-hydroxylation sites is 2. The summed E-state index contributed by atoms with van der Waals surface area (Å²) in [5, 5.41) is 3.46. The van der Waals surface area contributed by atoms with Gasteiger partial charge in [0.25, 0.3) is 5.88 Å². The second-order valence-corrected chi connectivity index (χ2v) is 5.64. The normalized spacial score (nSPS) is 17.8. The highest BCUT2D eigenvalue weighted by molar-refractivity contribution is 5.85. The van der Waals surface area contributed by atoms with E-state index in [9.17, 15) is 0 Å². The number of nitrogens with one attached hydrogen (secondary N) is 1. The molecule has 1 unspecified atom stereocenters. The van der Waals surface area contributed by atoms with E-state index >= 15 is 0 Å². The van der Waals surface area contributed by atoms with Gasteiger partial charge in [0.2, 0.25) is 0 Å². The van der Waals surface area contributed by atoms with Crippen LogP contribution in [0.4, 0.5) is 5.82 Å². The van der Waals surface area contributed by atoms with Crippen LogP contribution in [0.3, 0.4) is 0 Å². The van der Waals surface area contributed by atoms with E-state index in [0.717, 1.165) is 36.5 Å². The van der Waals surface area contributed by atoms with Crippen LogP contribution in [0, 0.1) is 5.92 Å². The molecule has 1 aliphatic heterocycles. The van der Waals surface area contributed by atoms with Crippen molar-refractivity contribution in [3.05, 3.63) is 24.3 Å². The number of hydrogen-bond acceptors (Lipinski definition) is 5. The van der Waals surface area contributed by atoms with Crippen molar-refractivity contribution in [1.29, 1.82) is 0 Å². The molecule has 1 saturated heterocycles. The molecular formula is C16H23ClN4O. The Hall–Kier alpha value is -1.59. The van der Waals surface area contributed by atoms with Gasteiger partial charge in [0.1, 0.15) is 0 Å². The summed E-state index contributed by atoms with van der Waals surface area (Å²) in [6.07, 6.45) is 2.51. The summed E-state index contributed by atoms with van der Waals surface area (Å²) in [6.45, 7) is 3.18. The van der Waals surface area contributed by atoms with Gasteiger partial charge >= 0.3 is 0 Å². The second-order valence-electron chi connectivity index (χ2n) is 5.64. The summed E-state index contributed by atoms with van der Waals surface area (Å²) >= 11 is 0. The number of benzene rings is 1. The van der Waals surface area contributed by atoms with E-state index in [1.165, 1.54) is 12.8 Å². The topological polar surface area (TPSA) is 50.3 Å². The summed E-state index contributed by atoms with van der Waals surface area (Å²) in [5.74, 6) is 2.07. The van der Waals surface area contributed by atoms with Gasteiger partial charge in [-0.3, -0.25) is 0 Å². The maximum atomic E-state index is 5.43. The molecule has 1 aromatic heterocycles. The lowest BCUT2D eigenvalue weighted by molar-refractivity contribution is 0.374. The zero-order valence-electron chi connectivity index (χ0n) is 13.1. The lowest BCUT2D eigenvalue weighted by atomic mass is 9.99. The summed E-state index contributed by atoms with van der Waals surface area (Å²) in [5.41, 5.74) is 1.77. The second kappa shape index (κ2) is 7.61. The van der Waals surface area contributed by atoms with Gasteiger partial charge in [0, 0.05) is 13.6 Å². The molecule has 1 N–H and O–H groups in total. The number of ether oxygens (including phenoxy) is 1. The van der Waals surface area contributed by atoms with Gasteiger partial charge in [0.15, 0.2) is 5.82 Å². The third-order valence-electron chi connectivity index (χ3n) is 4.01. The fraction of sp³-hybridized carbons (Fsp3) is 0.500. The van der Waals surface area contributed by atoms with Crippen LogP contribution in [0.2, 0.25) is 0 Å². The van der Waals surface area contributed by atoms with Crippen LogP contribution in [0.1, 0.15) is 12.8 Å². The first-order chi connectivity index (χ1) is 10.3. The Balaban J connectivity index is 0.00000176. The first-order valence-electron chi connectivity index (χ1n) is 7.50. The van der Waals surface area contributed by atoms with Gasteiger partial charge < -0.3 is 15.0 Å². The third kappa shape index (κ3) is 3.59. The van der Waals surface area contributed by atoms with Crippen LogP contribution >= 0.6 is 12.4 Å². The minimum atomic E-state index is 0. The Kier molecular flexibility index (Phi) is 5.80. The van der Waals surface area contributed by atoms with Crippen molar-refractivity contribution in [2.24, 2.45) is 5.92 Å². The van der Waals surface area contributed by atoms with Crippen molar-refractivity contribution in [3.8, 4) is 5.88 Å². The Morgan fingerprint density at radius 1 is 1.27 bits per heavy atom. The van der Waals surface area contributed by atoms with E-state index in [0.29, 0.717) is 11.8 Å². The summed E-state index contributed by atoms with van der Waals surface area (Å²) in [4.78, 5) is 11.5. The number of aromatic nitrogens is 2. The molecule has 1 aromatic carbocycles. The predicted molar refractivity (Wildman–Crippen MR) is 92.2 cm³/mol. The number of nitrogens with zero attached hydrogens (tertiary/aromatic N) is 3. The average Bonchev–Trinajstić information content (AvgIpc) is 2.54. The number of fused-ring (bicyclic) bond motifs is 1. The van der Waals surface area contributed by atoms with Crippen molar-refractivity contribution in [3.63, 3.8) is 0 Å². The molecule has 2 aromatic rings. The van der Waals surface area contributed by atoms with Crippen molar-refractivity contribution >= 4 is 29.3 Å². The molecule has 0 aliphatic carbocycles. The quantitative estimate of drug-likeness (QED) is 0.937. The van der Waals surface area contributed by atoms with Crippen LogP contribution in [-0.4, -0.2) is 43.8 Å². The Morgan fingerprint density at radius 2 is 2.00 bits per heavy atom. The fourth-order valence-corrected chi connectivity index (χ4v) is 2.91. The monoisotopic (exact) mass is 322 g/mol. The molecule has 0 spiro atoms. The maximum Gasteiger partial charge on any atom is 0.257 e. The Labute approximate surface area is 137 Å². The molecule has 120 valence electrons. The summed E-state index contributed by atoms with van der Waals surface area (Å²) in [6, 6.07) is 7.90. The molecule has 6 heteroatoms. The van der Waals surface area contributed by atoms with Crippen molar-refractivity contribution in [1.82, 2.24) is 15.3 Å². The molecule has 0 bridgehead atoms. The lowest BCUT2D eigenvalue weighted by Crippen LogP contribution is -2.37. The number of methoxy groups -OCH3 is 1. The molecule has 3 rings (SSSR count). The predicted octanol–water partition coefficient (Wildman–Crippen LogP) is 2.50. The molecule has 0 amide bonds. The van der Waals surface area contributed by atoms with Gasteiger partial charge in [-0.05, 0) is 44.0 Å². The number of anilines is 1. The largest absolute Gasteiger partial charge is 0.478 e.